The molecule has 0 aromatic heterocycles. The second kappa shape index (κ2) is 7.83. The summed E-state index contributed by atoms with van der Waals surface area (Å²) in [4.78, 5) is 37.7. The molecule has 1 fully saturated rings. The normalized spacial score (nSPS) is 17.7. The van der Waals surface area contributed by atoms with E-state index in [-0.39, 0.29) is 22.5 Å². The third-order valence-electron chi connectivity index (χ3n) is 4.99. The zero-order chi connectivity index (χ0) is 22.1. The van der Waals surface area contributed by atoms with Crippen molar-refractivity contribution in [2.75, 3.05) is 4.90 Å². The molecule has 7 nitrogen and oxygen atoms in total. The molecule has 31 heavy (non-hydrogen) atoms. The summed E-state index contributed by atoms with van der Waals surface area (Å²) < 4.78 is 13.4. The molecule has 0 radical (unpaired) electrons. The zero-order valence-corrected chi connectivity index (χ0v) is 15.9. The van der Waals surface area contributed by atoms with Crippen molar-refractivity contribution < 1.29 is 24.0 Å². The van der Waals surface area contributed by atoms with Crippen LogP contribution in [0.5, 0.6) is 0 Å². The van der Waals surface area contributed by atoms with Crippen LogP contribution in [0.1, 0.15) is 17.2 Å². The van der Waals surface area contributed by atoms with Gasteiger partial charge in [-0.3, -0.25) is 24.6 Å². The van der Waals surface area contributed by atoms with Crippen LogP contribution in [0.3, 0.4) is 0 Å². The van der Waals surface area contributed by atoms with E-state index in [0.29, 0.717) is 5.56 Å². The maximum Gasteiger partial charge on any atom is 0.300 e. The number of halogens is 1. The van der Waals surface area contributed by atoms with Gasteiger partial charge in [-0.15, -0.1) is 0 Å². The lowest BCUT2D eigenvalue weighted by Gasteiger charge is -2.25. The number of hydrogen-bond donors (Lipinski definition) is 1. The van der Waals surface area contributed by atoms with Crippen molar-refractivity contribution in [1.82, 2.24) is 0 Å². The average Bonchev–Trinajstić information content (AvgIpc) is 3.05. The number of carbonyl (C=O) groups excluding carboxylic acids is 2. The minimum Gasteiger partial charge on any atom is -0.507 e. The molecule has 8 heteroatoms. The highest BCUT2D eigenvalue weighted by Gasteiger charge is 2.47. The highest BCUT2D eigenvalue weighted by molar-refractivity contribution is 6.51. The van der Waals surface area contributed by atoms with E-state index in [1.54, 1.807) is 30.3 Å². The number of carbonyl (C=O) groups is 2. The van der Waals surface area contributed by atoms with Crippen LogP contribution in [0.2, 0.25) is 0 Å². The molecule has 1 heterocycles. The number of Topliss-reactive ketones (excluding diaryl/α,β-unsaturated/α-hetero) is 1. The number of amides is 1. The van der Waals surface area contributed by atoms with Gasteiger partial charge in [0.05, 0.1) is 16.5 Å². The standard InChI is InChI=1S/C23H15FN2O5/c24-16-9-11-17(12-10-16)25-20(15-7-4-8-18(13-15)26(30)31)19(22(28)23(25)29)21(27)14-5-2-1-3-6-14/h1-13,20,27H/b21-19-. The highest BCUT2D eigenvalue weighted by atomic mass is 19.1. The molecule has 3 aromatic rings. The van der Waals surface area contributed by atoms with E-state index in [4.69, 9.17) is 0 Å². The summed E-state index contributed by atoms with van der Waals surface area (Å²) in [6, 6.07) is 17.5. The van der Waals surface area contributed by atoms with Crippen LogP contribution in [-0.2, 0) is 9.59 Å². The Kier molecular flexibility index (Phi) is 5.04. The maximum absolute atomic E-state index is 13.4. The number of nitro benzene ring substituents is 1. The average molecular weight is 418 g/mol. The van der Waals surface area contributed by atoms with Gasteiger partial charge in [0, 0.05) is 23.4 Å². The zero-order valence-electron chi connectivity index (χ0n) is 15.9. The third kappa shape index (κ3) is 3.55. The summed E-state index contributed by atoms with van der Waals surface area (Å²) in [5, 5.41) is 22.2. The second-order valence-corrected chi connectivity index (χ2v) is 6.86. The second-order valence-electron chi connectivity index (χ2n) is 6.86. The molecule has 0 spiro atoms. The number of ketones is 1. The third-order valence-corrected chi connectivity index (χ3v) is 4.99. The van der Waals surface area contributed by atoms with Gasteiger partial charge < -0.3 is 5.11 Å². The lowest BCUT2D eigenvalue weighted by molar-refractivity contribution is -0.384. The van der Waals surface area contributed by atoms with Crippen LogP contribution in [-0.4, -0.2) is 21.7 Å². The van der Waals surface area contributed by atoms with Crippen LogP contribution >= 0.6 is 0 Å². The molecule has 3 aromatic carbocycles. The molecule has 154 valence electrons. The Morgan fingerprint density at radius 3 is 2.29 bits per heavy atom. The molecule has 1 amide bonds. The number of rotatable bonds is 4. The van der Waals surface area contributed by atoms with Crippen molar-refractivity contribution in [2.24, 2.45) is 0 Å². The Balaban J connectivity index is 1.97. The maximum atomic E-state index is 13.4. The summed E-state index contributed by atoms with van der Waals surface area (Å²) in [6.07, 6.45) is 0. The summed E-state index contributed by atoms with van der Waals surface area (Å²) in [5.41, 5.74) is 0.347. The molecule has 1 unspecified atom stereocenters. The first-order chi connectivity index (χ1) is 14.9. The van der Waals surface area contributed by atoms with E-state index in [9.17, 15) is 29.2 Å². The number of nitrogens with zero attached hydrogens (tertiary/aromatic N) is 2. The minimum atomic E-state index is -1.13. The molecule has 1 atom stereocenters. The Morgan fingerprint density at radius 1 is 0.968 bits per heavy atom. The number of anilines is 1. The first-order valence-corrected chi connectivity index (χ1v) is 9.25. The number of aliphatic hydroxyl groups excluding tert-OH is 1. The van der Waals surface area contributed by atoms with Gasteiger partial charge in [0.25, 0.3) is 17.4 Å². The lowest BCUT2D eigenvalue weighted by atomic mass is 9.95. The summed E-state index contributed by atoms with van der Waals surface area (Å²) in [5.74, 6) is -2.81. The first-order valence-electron chi connectivity index (χ1n) is 9.25. The molecule has 4 rings (SSSR count). The molecule has 0 saturated carbocycles. The fourth-order valence-corrected chi connectivity index (χ4v) is 3.58. The van der Waals surface area contributed by atoms with E-state index in [1.807, 2.05) is 0 Å². The van der Waals surface area contributed by atoms with Gasteiger partial charge in [-0.05, 0) is 29.8 Å². The monoisotopic (exact) mass is 418 g/mol. The SMILES string of the molecule is O=C1C(=O)N(c2ccc(F)cc2)C(c2cccc([N+](=O)[O-])c2)/C1=C(/O)c1ccccc1. The van der Waals surface area contributed by atoms with Crippen molar-refractivity contribution in [2.45, 2.75) is 6.04 Å². The van der Waals surface area contributed by atoms with E-state index in [1.165, 1.54) is 36.4 Å². The molecule has 1 N–H and O–H groups in total. The van der Waals surface area contributed by atoms with Gasteiger partial charge in [0.15, 0.2) is 0 Å². The Labute approximate surface area is 175 Å². The summed E-state index contributed by atoms with van der Waals surface area (Å²) in [7, 11) is 0. The number of nitro groups is 1. The van der Waals surface area contributed by atoms with Crippen LogP contribution in [0.25, 0.3) is 5.76 Å². The van der Waals surface area contributed by atoms with E-state index >= 15 is 0 Å². The smallest absolute Gasteiger partial charge is 0.300 e. The molecule has 1 aliphatic rings. The molecule has 1 saturated heterocycles. The van der Waals surface area contributed by atoms with Gasteiger partial charge in [-0.2, -0.15) is 0 Å². The topological polar surface area (TPSA) is 101 Å². The molecule has 0 aliphatic carbocycles. The number of aliphatic hydroxyl groups is 1. The summed E-state index contributed by atoms with van der Waals surface area (Å²) in [6.45, 7) is 0. The highest BCUT2D eigenvalue weighted by Crippen LogP contribution is 2.42. The quantitative estimate of drug-likeness (QED) is 0.223. The van der Waals surface area contributed by atoms with Gasteiger partial charge in [0.2, 0.25) is 0 Å². The molecular weight excluding hydrogens is 403 g/mol. The van der Waals surface area contributed by atoms with Crippen LogP contribution < -0.4 is 4.90 Å². The van der Waals surface area contributed by atoms with Crippen molar-refractivity contribution in [1.29, 1.82) is 0 Å². The Hall–Kier alpha value is -4.33. The van der Waals surface area contributed by atoms with E-state index in [2.05, 4.69) is 0 Å². The Morgan fingerprint density at radius 2 is 1.65 bits per heavy atom. The number of hydrogen-bond acceptors (Lipinski definition) is 5. The predicted octanol–water partition coefficient (Wildman–Crippen LogP) is 4.36. The summed E-state index contributed by atoms with van der Waals surface area (Å²) >= 11 is 0. The number of non-ortho nitro benzene ring substituents is 1. The van der Waals surface area contributed by atoms with E-state index < -0.39 is 34.2 Å². The Bertz CT molecular complexity index is 1220. The fourth-order valence-electron chi connectivity index (χ4n) is 3.58. The lowest BCUT2D eigenvalue weighted by Crippen LogP contribution is -2.29. The predicted molar refractivity (Wildman–Crippen MR) is 111 cm³/mol. The van der Waals surface area contributed by atoms with Gasteiger partial charge >= 0.3 is 0 Å². The first kappa shape index (κ1) is 20.0. The molecular formula is C23H15FN2O5. The van der Waals surface area contributed by atoms with Crippen molar-refractivity contribution >= 4 is 28.8 Å². The van der Waals surface area contributed by atoms with Crippen LogP contribution in [0.15, 0.2) is 84.4 Å². The van der Waals surface area contributed by atoms with Gasteiger partial charge in [-0.25, -0.2) is 4.39 Å². The number of benzene rings is 3. The molecule has 0 bridgehead atoms. The van der Waals surface area contributed by atoms with E-state index in [0.717, 1.165) is 17.0 Å². The van der Waals surface area contributed by atoms with Gasteiger partial charge in [0.1, 0.15) is 11.6 Å². The van der Waals surface area contributed by atoms with Crippen molar-refractivity contribution in [3.63, 3.8) is 0 Å². The van der Waals surface area contributed by atoms with Crippen molar-refractivity contribution in [3.05, 3.63) is 111 Å². The van der Waals surface area contributed by atoms with Gasteiger partial charge in [-0.1, -0.05) is 42.5 Å². The van der Waals surface area contributed by atoms with Crippen molar-refractivity contribution in [3.8, 4) is 0 Å². The fraction of sp³-hybridized carbons (Fsp3) is 0.0435. The van der Waals surface area contributed by atoms with Crippen LogP contribution in [0.4, 0.5) is 15.8 Å². The largest absolute Gasteiger partial charge is 0.507 e. The minimum absolute atomic E-state index is 0.207. The van der Waals surface area contributed by atoms with Crippen LogP contribution in [0, 0.1) is 15.9 Å². The molecule has 1 aliphatic heterocycles.